The van der Waals surface area contributed by atoms with Gasteiger partial charge in [0.2, 0.25) is 11.8 Å². The van der Waals surface area contributed by atoms with E-state index < -0.39 is 6.04 Å². The molecule has 0 saturated heterocycles. The monoisotopic (exact) mass is 392 g/mol. The number of halogens is 1. The van der Waals surface area contributed by atoms with Crippen molar-refractivity contribution in [3.8, 4) is 10.6 Å². The summed E-state index contributed by atoms with van der Waals surface area (Å²) >= 11 is 1.45. The van der Waals surface area contributed by atoms with Crippen LogP contribution in [0.4, 0.5) is 4.39 Å². The van der Waals surface area contributed by atoms with Crippen LogP contribution in [-0.2, 0) is 9.59 Å². The molecule has 0 aliphatic heterocycles. The van der Waals surface area contributed by atoms with Gasteiger partial charge in [0.15, 0.2) is 0 Å². The Morgan fingerprint density at radius 2 is 1.85 bits per heavy atom. The molecule has 8 heteroatoms. The molecule has 1 aromatic heterocycles. The van der Waals surface area contributed by atoms with E-state index in [2.05, 4.69) is 15.6 Å². The Hall–Kier alpha value is -2.32. The molecule has 0 saturated carbocycles. The van der Waals surface area contributed by atoms with Crippen LogP contribution in [0.2, 0.25) is 0 Å². The Bertz CT molecular complexity index is 805. The van der Waals surface area contributed by atoms with Crippen LogP contribution in [-0.4, -0.2) is 29.4 Å². The highest BCUT2D eigenvalue weighted by Crippen LogP contribution is 2.31. The van der Waals surface area contributed by atoms with Gasteiger partial charge in [-0.2, -0.15) is 0 Å². The van der Waals surface area contributed by atoms with Gasteiger partial charge in [-0.15, -0.1) is 11.3 Å². The van der Waals surface area contributed by atoms with Crippen molar-refractivity contribution >= 4 is 23.2 Å². The van der Waals surface area contributed by atoms with E-state index in [1.807, 2.05) is 27.7 Å². The van der Waals surface area contributed by atoms with Crippen molar-refractivity contribution < 1.29 is 14.0 Å². The molecule has 0 spiro atoms. The number of aromatic nitrogens is 1. The third kappa shape index (κ3) is 5.58. The maximum Gasteiger partial charge on any atom is 0.239 e. The zero-order valence-electron chi connectivity index (χ0n) is 15.9. The highest BCUT2D eigenvalue weighted by Gasteiger charge is 2.20. The Morgan fingerprint density at radius 3 is 2.44 bits per heavy atom. The van der Waals surface area contributed by atoms with Crippen molar-refractivity contribution in [2.75, 3.05) is 6.54 Å². The molecular formula is C19H25FN4O2S. The number of carbonyl (C=O) groups is 2. The van der Waals surface area contributed by atoms with E-state index >= 15 is 0 Å². The van der Waals surface area contributed by atoms with Gasteiger partial charge < -0.3 is 16.4 Å². The zero-order chi connectivity index (χ0) is 20.1. The van der Waals surface area contributed by atoms with Crippen LogP contribution < -0.4 is 16.4 Å². The quantitative estimate of drug-likeness (QED) is 0.674. The van der Waals surface area contributed by atoms with Crippen molar-refractivity contribution in [1.82, 2.24) is 15.6 Å². The maximum atomic E-state index is 13.1. The van der Waals surface area contributed by atoms with Gasteiger partial charge in [0.05, 0.1) is 29.2 Å². The third-order valence-electron chi connectivity index (χ3n) is 4.14. The molecule has 4 N–H and O–H groups in total. The summed E-state index contributed by atoms with van der Waals surface area (Å²) in [5.41, 5.74) is 7.38. The standard InChI is InChI=1S/C19H25FN4O2S/c1-10(2)16(21)18(26)22-9-15(25)23-11(3)17-12(4)24-19(27-17)13-5-7-14(20)8-6-13/h5-8,10-11,16H,9,21H2,1-4H3,(H,22,26)(H,23,25)/t11?,16-/m0/s1. The number of nitrogens with two attached hydrogens (primary N) is 1. The molecule has 1 heterocycles. The number of carbonyl (C=O) groups excluding carboxylic acids is 2. The van der Waals surface area contributed by atoms with E-state index in [9.17, 15) is 14.0 Å². The number of nitrogens with one attached hydrogen (secondary N) is 2. The molecule has 2 atom stereocenters. The number of hydrogen-bond acceptors (Lipinski definition) is 5. The maximum absolute atomic E-state index is 13.1. The van der Waals surface area contributed by atoms with Crippen LogP contribution in [0.3, 0.4) is 0 Å². The molecule has 0 aliphatic rings. The topological polar surface area (TPSA) is 97.1 Å². The van der Waals surface area contributed by atoms with Crippen LogP contribution in [0.5, 0.6) is 0 Å². The summed E-state index contributed by atoms with van der Waals surface area (Å²) in [5.74, 6) is -0.952. The molecule has 0 fully saturated rings. The molecule has 0 radical (unpaired) electrons. The zero-order valence-corrected chi connectivity index (χ0v) is 16.7. The summed E-state index contributed by atoms with van der Waals surface area (Å²) in [4.78, 5) is 29.4. The van der Waals surface area contributed by atoms with Crippen LogP contribution in [0, 0.1) is 18.7 Å². The molecule has 1 unspecified atom stereocenters. The van der Waals surface area contributed by atoms with Crippen molar-refractivity contribution in [3.05, 3.63) is 40.7 Å². The van der Waals surface area contributed by atoms with Gasteiger partial charge in [0.1, 0.15) is 10.8 Å². The van der Waals surface area contributed by atoms with Gasteiger partial charge in [-0.1, -0.05) is 13.8 Å². The van der Waals surface area contributed by atoms with E-state index in [0.717, 1.165) is 21.1 Å². The predicted molar refractivity (Wildman–Crippen MR) is 105 cm³/mol. The first kappa shape index (κ1) is 21.0. The van der Waals surface area contributed by atoms with Crippen molar-refractivity contribution in [2.45, 2.75) is 39.8 Å². The Balaban J connectivity index is 1.97. The van der Waals surface area contributed by atoms with Crippen LogP contribution in [0.15, 0.2) is 24.3 Å². The second-order valence-electron chi connectivity index (χ2n) is 6.75. The first-order chi connectivity index (χ1) is 12.7. The van der Waals surface area contributed by atoms with Gasteiger partial charge in [-0.25, -0.2) is 9.37 Å². The summed E-state index contributed by atoms with van der Waals surface area (Å²) in [7, 11) is 0. The number of nitrogens with zero attached hydrogens (tertiary/aromatic N) is 1. The average molecular weight is 393 g/mol. The predicted octanol–water partition coefficient (Wildman–Crippen LogP) is 2.53. The van der Waals surface area contributed by atoms with Crippen LogP contribution in [0.1, 0.15) is 37.4 Å². The lowest BCUT2D eigenvalue weighted by atomic mass is 10.1. The average Bonchev–Trinajstić information content (AvgIpc) is 3.01. The van der Waals surface area contributed by atoms with Gasteiger partial charge in [0.25, 0.3) is 0 Å². The molecular weight excluding hydrogens is 367 g/mol. The van der Waals surface area contributed by atoms with Gasteiger partial charge >= 0.3 is 0 Å². The van der Waals surface area contributed by atoms with Crippen molar-refractivity contribution in [2.24, 2.45) is 11.7 Å². The van der Waals surface area contributed by atoms with Gasteiger partial charge in [0, 0.05) is 5.56 Å². The Morgan fingerprint density at radius 1 is 1.22 bits per heavy atom. The molecule has 0 bridgehead atoms. The summed E-state index contributed by atoms with van der Waals surface area (Å²) in [6.45, 7) is 7.28. The lowest BCUT2D eigenvalue weighted by Crippen LogP contribution is -2.47. The SMILES string of the molecule is Cc1nc(-c2ccc(F)cc2)sc1C(C)NC(=O)CNC(=O)[C@@H](N)C(C)C. The van der Waals surface area contributed by atoms with E-state index in [-0.39, 0.29) is 36.1 Å². The van der Waals surface area contributed by atoms with E-state index in [0.29, 0.717) is 0 Å². The summed E-state index contributed by atoms with van der Waals surface area (Å²) in [5, 5.41) is 6.16. The fraction of sp³-hybridized carbons (Fsp3) is 0.421. The van der Waals surface area contributed by atoms with Gasteiger partial charge in [-0.3, -0.25) is 9.59 Å². The molecule has 2 amide bonds. The molecule has 2 rings (SSSR count). The minimum absolute atomic E-state index is 0.00305. The largest absolute Gasteiger partial charge is 0.347 e. The molecule has 0 aliphatic carbocycles. The number of amides is 2. The number of rotatable bonds is 7. The summed E-state index contributed by atoms with van der Waals surface area (Å²) < 4.78 is 13.1. The lowest BCUT2D eigenvalue weighted by molar-refractivity contribution is -0.127. The summed E-state index contributed by atoms with van der Waals surface area (Å²) in [6.07, 6.45) is 0. The minimum atomic E-state index is -0.641. The minimum Gasteiger partial charge on any atom is -0.347 e. The fourth-order valence-corrected chi connectivity index (χ4v) is 3.55. The lowest BCUT2D eigenvalue weighted by Gasteiger charge is -2.16. The number of aryl methyl sites for hydroxylation is 1. The molecule has 2 aromatic rings. The highest BCUT2D eigenvalue weighted by molar-refractivity contribution is 7.15. The Kier molecular flexibility index (Phi) is 7.04. The molecule has 1 aromatic carbocycles. The van der Waals surface area contributed by atoms with E-state index in [4.69, 9.17) is 5.73 Å². The number of hydrogen-bond donors (Lipinski definition) is 3. The highest BCUT2D eigenvalue weighted by atomic mass is 32.1. The van der Waals surface area contributed by atoms with E-state index in [1.54, 1.807) is 12.1 Å². The Labute approximate surface area is 162 Å². The second kappa shape index (κ2) is 9.05. The van der Waals surface area contributed by atoms with E-state index in [1.165, 1.54) is 23.5 Å². The first-order valence-corrected chi connectivity index (χ1v) is 9.56. The molecule has 146 valence electrons. The number of thiazole rings is 1. The summed E-state index contributed by atoms with van der Waals surface area (Å²) in [6, 6.07) is 5.22. The third-order valence-corrected chi connectivity index (χ3v) is 5.53. The molecule has 6 nitrogen and oxygen atoms in total. The van der Waals surface area contributed by atoms with Crippen molar-refractivity contribution in [3.63, 3.8) is 0 Å². The second-order valence-corrected chi connectivity index (χ2v) is 7.78. The smallest absolute Gasteiger partial charge is 0.239 e. The normalized spacial score (nSPS) is 13.3. The van der Waals surface area contributed by atoms with Crippen molar-refractivity contribution in [1.29, 1.82) is 0 Å². The molecule has 27 heavy (non-hydrogen) atoms. The fourth-order valence-electron chi connectivity index (χ4n) is 2.47. The number of benzene rings is 1. The van der Waals surface area contributed by atoms with Gasteiger partial charge in [-0.05, 0) is 44.0 Å². The van der Waals surface area contributed by atoms with Crippen LogP contribution >= 0.6 is 11.3 Å². The first-order valence-electron chi connectivity index (χ1n) is 8.75. The van der Waals surface area contributed by atoms with Crippen LogP contribution in [0.25, 0.3) is 10.6 Å².